The number of aromatic amines is 1. The van der Waals surface area contributed by atoms with E-state index in [1.54, 1.807) is 0 Å². The number of alkyl halides is 3. The van der Waals surface area contributed by atoms with Crippen LogP contribution in [0.2, 0.25) is 0 Å². The standard InChI is InChI=1S/C16H10F4N4S/c17-12-7-5-10(6-8-12)14-22-23-15(25)24(14)21-9-11-3-1-2-4-13(11)16(18,19)20/h1-9H,(H,23,25). The summed E-state index contributed by atoms with van der Waals surface area (Å²) in [5.41, 5.74) is -0.407. The largest absolute Gasteiger partial charge is 0.417 e. The molecular formula is C16H10F4N4S. The van der Waals surface area contributed by atoms with Crippen molar-refractivity contribution < 1.29 is 17.6 Å². The predicted octanol–water partition coefficient (Wildman–Crippen LogP) is 4.65. The van der Waals surface area contributed by atoms with Gasteiger partial charge in [-0.05, 0) is 42.5 Å². The molecule has 3 aromatic rings. The minimum atomic E-state index is -4.50. The lowest BCUT2D eigenvalue weighted by Gasteiger charge is -2.09. The van der Waals surface area contributed by atoms with Gasteiger partial charge in [0.25, 0.3) is 0 Å². The smallest absolute Gasteiger partial charge is 0.250 e. The van der Waals surface area contributed by atoms with Crippen molar-refractivity contribution in [1.82, 2.24) is 14.9 Å². The highest BCUT2D eigenvalue weighted by Crippen LogP contribution is 2.31. The first-order valence-corrected chi connectivity index (χ1v) is 7.41. The van der Waals surface area contributed by atoms with Crippen LogP contribution in [-0.2, 0) is 6.18 Å². The van der Waals surface area contributed by atoms with E-state index >= 15 is 0 Å². The zero-order valence-electron chi connectivity index (χ0n) is 12.5. The van der Waals surface area contributed by atoms with Crippen molar-refractivity contribution in [2.24, 2.45) is 5.10 Å². The Bertz CT molecular complexity index is 971. The normalized spacial score (nSPS) is 12.0. The summed E-state index contributed by atoms with van der Waals surface area (Å²) in [6.45, 7) is 0. The van der Waals surface area contributed by atoms with Crippen LogP contribution in [-0.4, -0.2) is 21.1 Å². The van der Waals surface area contributed by atoms with Gasteiger partial charge in [0.05, 0.1) is 11.8 Å². The first-order valence-electron chi connectivity index (χ1n) is 7.00. The maximum absolute atomic E-state index is 13.0. The van der Waals surface area contributed by atoms with Gasteiger partial charge in [0.1, 0.15) is 5.82 Å². The third kappa shape index (κ3) is 3.66. The first-order chi connectivity index (χ1) is 11.9. The SMILES string of the molecule is Fc1ccc(-c2n[nH]c(=S)n2N=Cc2ccccc2C(F)(F)F)cc1. The molecule has 128 valence electrons. The first kappa shape index (κ1) is 17.0. The number of nitrogens with one attached hydrogen (secondary N) is 1. The second kappa shape index (κ2) is 6.60. The van der Waals surface area contributed by atoms with Crippen LogP contribution in [0, 0.1) is 10.6 Å². The van der Waals surface area contributed by atoms with Crippen molar-refractivity contribution in [2.45, 2.75) is 6.18 Å². The monoisotopic (exact) mass is 366 g/mol. The number of H-pyrrole nitrogens is 1. The van der Waals surface area contributed by atoms with Crippen LogP contribution in [0.3, 0.4) is 0 Å². The third-order valence-corrected chi connectivity index (χ3v) is 3.60. The Morgan fingerprint density at radius 2 is 1.76 bits per heavy atom. The lowest BCUT2D eigenvalue weighted by Crippen LogP contribution is -2.09. The van der Waals surface area contributed by atoms with Gasteiger partial charge in [0.15, 0.2) is 5.82 Å². The van der Waals surface area contributed by atoms with Crippen molar-refractivity contribution in [2.75, 3.05) is 0 Å². The Kier molecular flexibility index (Phi) is 4.49. The zero-order valence-corrected chi connectivity index (χ0v) is 13.3. The number of benzene rings is 2. The van der Waals surface area contributed by atoms with Crippen LogP contribution in [0.5, 0.6) is 0 Å². The second-order valence-electron chi connectivity index (χ2n) is 5.00. The van der Waals surface area contributed by atoms with Gasteiger partial charge < -0.3 is 0 Å². The third-order valence-electron chi connectivity index (χ3n) is 3.33. The quantitative estimate of drug-likeness (QED) is 0.417. The summed E-state index contributed by atoms with van der Waals surface area (Å²) in [6, 6.07) is 10.5. The van der Waals surface area contributed by atoms with E-state index in [1.165, 1.54) is 47.1 Å². The van der Waals surface area contributed by atoms with E-state index in [0.29, 0.717) is 5.56 Å². The molecule has 9 heteroatoms. The minimum absolute atomic E-state index is 0.0973. The molecule has 0 aliphatic carbocycles. The minimum Gasteiger partial charge on any atom is -0.250 e. The summed E-state index contributed by atoms with van der Waals surface area (Å²) < 4.78 is 53.4. The molecule has 4 nitrogen and oxygen atoms in total. The molecule has 0 unspecified atom stereocenters. The van der Waals surface area contributed by atoms with Crippen LogP contribution in [0.25, 0.3) is 11.4 Å². The molecular weight excluding hydrogens is 356 g/mol. The van der Waals surface area contributed by atoms with Gasteiger partial charge in [0, 0.05) is 11.1 Å². The highest BCUT2D eigenvalue weighted by Gasteiger charge is 2.32. The summed E-state index contributed by atoms with van der Waals surface area (Å²) in [5.74, 6) is -0.169. The van der Waals surface area contributed by atoms with E-state index in [2.05, 4.69) is 15.3 Å². The molecule has 25 heavy (non-hydrogen) atoms. The summed E-state index contributed by atoms with van der Waals surface area (Å²) in [7, 11) is 0. The van der Waals surface area contributed by atoms with Gasteiger partial charge in [-0.25, -0.2) is 9.49 Å². The number of hydrogen-bond acceptors (Lipinski definition) is 3. The van der Waals surface area contributed by atoms with Crippen molar-refractivity contribution >= 4 is 18.4 Å². The molecule has 1 N–H and O–H groups in total. The van der Waals surface area contributed by atoms with E-state index in [4.69, 9.17) is 12.2 Å². The van der Waals surface area contributed by atoms with Crippen LogP contribution in [0.4, 0.5) is 17.6 Å². The molecule has 1 aromatic heterocycles. The Balaban J connectivity index is 2.03. The van der Waals surface area contributed by atoms with Crippen LogP contribution in [0.1, 0.15) is 11.1 Å². The predicted molar refractivity (Wildman–Crippen MR) is 87.2 cm³/mol. The molecule has 0 aliphatic heterocycles. The molecule has 2 aromatic carbocycles. The highest BCUT2D eigenvalue weighted by atomic mass is 32.1. The molecule has 0 amide bonds. The molecule has 0 saturated heterocycles. The van der Waals surface area contributed by atoms with Gasteiger partial charge in [-0.2, -0.15) is 28.0 Å². The van der Waals surface area contributed by atoms with E-state index in [1.807, 2.05) is 0 Å². The average Bonchev–Trinajstić information content (AvgIpc) is 2.94. The molecule has 0 fully saturated rings. The zero-order chi connectivity index (χ0) is 18.0. The molecule has 0 bridgehead atoms. The van der Waals surface area contributed by atoms with E-state index in [0.717, 1.165) is 12.3 Å². The van der Waals surface area contributed by atoms with Crippen LogP contribution in [0.15, 0.2) is 53.6 Å². The molecule has 0 spiro atoms. The Labute approximate surface area is 144 Å². The fourth-order valence-corrected chi connectivity index (χ4v) is 2.35. The van der Waals surface area contributed by atoms with Crippen molar-refractivity contribution in [3.05, 3.63) is 70.2 Å². The highest BCUT2D eigenvalue weighted by molar-refractivity contribution is 7.71. The molecule has 0 saturated carbocycles. The summed E-state index contributed by atoms with van der Waals surface area (Å²) in [4.78, 5) is 0. The lowest BCUT2D eigenvalue weighted by molar-refractivity contribution is -0.137. The number of rotatable bonds is 3. The van der Waals surface area contributed by atoms with E-state index in [-0.39, 0.29) is 16.2 Å². The Hall–Kier alpha value is -2.81. The Morgan fingerprint density at radius 3 is 2.44 bits per heavy atom. The van der Waals surface area contributed by atoms with Crippen molar-refractivity contribution in [3.8, 4) is 11.4 Å². The Morgan fingerprint density at radius 1 is 1.08 bits per heavy atom. The fourth-order valence-electron chi connectivity index (χ4n) is 2.17. The second-order valence-corrected chi connectivity index (χ2v) is 5.39. The number of halogens is 4. The molecule has 0 radical (unpaired) electrons. The average molecular weight is 366 g/mol. The van der Waals surface area contributed by atoms with Crippen molar-refractivity contribution in [1.29, 1.82) is 0 Å². The lowest BCUT2D eigenvalue weighted by atomic mass is 10.1. The maximum atomic E-state index is 13.0. The van der Waals surface area contributed by atoms with Crippen LogP contribution < -0.4 is 0 Å². The molecule has 0 aliphatic rings. The van der Waals surface area contributed by atoms with Gasteiger partial charge >= 0.3 is 6.18 Å². The summed E-state index contributed by atoms with van der Waals surface area (Å²) >= 11 is 5.06. The number of hydrogen-bond donors (Lipinski definition) is 1. The maximum Gasteiger partial charge on any atom is 0.417 e. The van der Waals surface area contributed by atoms with Gasteiger partial charge in [0.2, 0.25) is 4.77 Å². The van der Waals surface area contributed by atoms with Crippen LogP contribution >= 0.6 is 12.2 Å². The van der Waals surface area contributed by atoms with Gasteiger partial charge in [-0.15, -0.1) is 0 Å². The van der Waals surface area contributed by atoms with E-state index in [9.17, 15) is 17.6 Å². The summed E-state index contributed by atoms with van der Waals surface area (Å²) in [5, 5.41) is 10.5. The fraction of sp³-hybridized carbons (Fsp3) is 0.0625. The molecule has 3 rings (SSSR count). The number of aromatic nitrogens is 3. The van der Waals surface area contributed by atoms with Gasteiger partial charge in [-0.3, -0.25) is 0 Å². The van der Waals surface area contributed by atoms with Crippen molar-refractivity contribution in [3.63, 3.8) is 0 Å². The summed E-state index contributed by atoms with van der Waals surface area (Å²) in [6.07, 6.45) is -3.44. The topological polar surface area (TPSA) is 46.0 Å². The molecule has 1 heterocycles. The van der Waals surface area contributed by atoms with E-state index < -0.39 is 17.6 Å². The number of nitrogens with zero attached hydrogens (tertiary/aromatic N) is 3. The molecule has 0 atom stereocenters. The van der Waals surface area contributed by atoms with Gasteiger partial charge in [-0.1, -0.05) is 18.2 Å².